The standard InChI is InChI=1S/C23H25N3O3S/c1-16-5-9-18(10-6-16)22-24-20(15-30-22)23(28)29-14-21(27)26(4)13-17-7-11-19(12-8-17)25(2)3/h5-12,15H,13-14H2,1-4H3. The lowest BCUT2D eigenvalue weighted by Crippen LogP contribution is -2.30. The van der Waals surface area contributed by atoms with E-state index < -0.39 is 5.97 Å². The number of ether oxygens (including phenoxy) is 1. The minimum absolute atomic E-state index is 0.213. The number of likely N-dealkylation sites (N-methyl/N-ethyl adjacent to an activating group) is 1. The Balaban J connectivity index is 1.52. The molecule has 0 aliphatic rings. The molecule has 30 heavy (non-hydrogen) atoms. The zero-order chi connectivity index (χ0) is 21.7. The fraction of sp³-hybridized carbons (Fsp3) is 0.261. The van der Waals surface area contributed by atoms with Gasteiger partial charge >= 0.3 is 5.97 Å². The van der Waals surface area contributed by atoms with Crippen molar-refractivity contribution in [1.29, 1.82) is 0 Å². The molecule has 7 heteroatoms. The molecule has 0 N–H and O–H groups in total. The third-order valence-corrected chi connectivity index (χ3v) is 5.53. The van der Waals surface area contributed by atoms with E-state index in [-0.39, 0.29) is 18.2 Å². The van der Waals surface area contributed by atoms with Gasteiger partial charge in [-0.3, -0.25) is 4.79 Å². The predicted octanol–water partition coefficient (Wildman–Crippen LogP) is 4.00. The Morgan fingerprint density at radius 3 is 2.30 bits per heavy atom. The molecular formula is C23H25N3O3S. The smallest absolute Gasteiger partial charge is 0.358 e. The molecule has 1 aromatic heterocycles. The first-order valence-electron chi connectivity index (χ1n) is 9.53. The van der Waals surface area contributed by atoms with E-state index in [1.165, 1.54) is 16.2 Å². The number of esters is 1. The summed E-state index contributed by atoms with van der Waals surface area (Å²) in [6.45, 7) is 2.14. The van der Waals surface area contributed by atoms with Gasteiger partial charge in [0.2, 0.25) is 0 Å². The number of thiazole rings is 1. The molecule has 0 spiro atoms. The summed E-state index contributed by atoms with van der Waals surface area (Å²) in [5, 5.41) is 2.39. The first-order chi connectivity index (χ1) is 14.3. The lowest BCUT2D eigenvalue weighted by molar-refractivity contribution is -0.133. The second kappa shape index (κ2) is 9.54. The van der Waals surface area contributed by atoms with E-state index in [2.05, 4.69) is 4.98 Å². The number of aromatic nitrogens is 1. The molecule has 0 saturated carbocycles. The molecule has 0 atom stereocenters. The predicted molar refractivity (Wildman–Crippen MR) is 120 cm³/mol. The number of anilines is 1. The Morgan fingerprint density at radius 2 is 1.67 bits per heavy atom. The molecule has 0 fully saturated rings. The molecule has 3 aromatic rings. The Morgan fingerprint density at radius 1 is 1.00 bits per heavy atom. The normalized spacial score (nSPS) is 10.5. The molecule has 1 amide bonds. The molecule has 6 nitrogen and oxygen atoms in total. The van der Waals surface area contributed by atoms with Gasteiger partial charge < -0.3 is 14.5 Å². The quantitative estimate of drug-likeness (QED) is 0.538. The maximum absolute atomic E-state index is 12.3. The van der Waals surface area contributed by atoms with Crippen LogP contribution in [0.5, 0.6) is 0 Å². The van der Waals surface area contributed by atoms with E-state index in [0.717, 1.165) is 27.4 Å². The van der Waals surface area contributed by atoms with Crippen LogP contribution in [0.1, 0.15) is 21.6 Å². The average molecular weight is 424 g/mol. The first kappa shape index (κ1) is 21.5. The van der Waals surface area contributed by atoms with E-state index in [1.807, 2.05) is 74.4 Å². The van der Waals surface area contributed by atoms with E-state index in [4.69, 9.17) is 4.74 Å². The Kier molecular flexibility index (Phi) is 6.84. The van der Waals surface area contributed by atoms with Crippen molar-refractivity contribution >= 4 is 28.9 Å². The van der Waals surface area contributed by atoms with Gasteiger partial charge in [0.05, 0.1) is 0 Å². The molecule has 0 aliphatic heterocycles. The number of carbonyl (C=O) groups excluding carboxylic acids is 2. The van der Waals surface area contributed by atoms with Crippen LogP contribution in [-0.4, -0.2) is 49.5 Å². The monoisotopic (exact) mass is 423 g/mol. The summed E-state index contributed by atoms with van der Waals surface area (Å²) in [4.78, 5) is 32.5. The number of carbonyl (C=O) groups is 2. The summed E-state index contributed by atoms with van der Waals surface area (Å²) in [7, 11) is 5.64. The van der Waals surface area contributed by atoms with Crippen molar-refractivity contribution in [3.05, 3.63) is 70.7 Å². The summed E-state index contributed by atoms with van der Waals surface area (Å²) in [6, 6.07) is 15.9. The molecule has 0 aliphatic carbocycles. The van der Waals surface area contributed by atoms with E-state index >= 15 is 0 Å². The average Bonchev–Trinajstić information content (AvgIpc) is 3.23. The highest BCUT2D eigenvalue weighted by Crippen LogP contribution is 2.24. The third-order valence-electron chi connectivity index (χ3n) is 4.64. The molecule has 156 valence electrons. The van der Waals surface area contributed by atoms with Crippen molar-refractivity contribution in [3.63, 3.8) is 0 Å². The van der Waals surface area contributed by atoms with Crippen LogP contribution in [0, 0.1) is 6.92 Å². The van der Waals surface area contributed by atoms with Crippen molar-refractivity contribution < 1.29 is 14.3 Å². The van der Waals surface area contributed by atoms with Gasteiger partial charge in [-0.25, -0.2) is 9.78 Å². The maximum Gasteiger partial charge on any atom is 0.358 e. The zero-order valence-electron chi connectivity index (χ0n) is 17.6. The van der Waals surface area contributed by atoms with Crippen LogP contribution in [-0.2, 0) is 16.1 Å². The largest absolute Gasteiger partial charge is 0.451 e. The molecule has 0 radical (unpaired) electrons. The van der Waals surface area contributed by atoms with Gasteiger partial charge in [0.1, 0.15) is 5.01 Å². The molecule has 0 saturated heterocycles. The number of rotatable bonds is 7. The van der Waals surface area contributed by atoms with Gasteiger partial charge in [-0.05, 0) is 24.6 Å². The van der Waals surface area contributed by atoms with Crippen LogP contribution in [0.25, 0.3) is 10.6 Å². The van der Waals surface area contributed by atoms with E-state index in [9.17, 15) is 9.59 Å². The van der Waals surface area contributed by atoms with Gasteiger partial charge in [-0.1, -0.05) is 42.0 Å². The number of hydrogen-bond acceptors (Lipinski definition) is 6. The first-order valence-corrected chi connectivity index (χ1v) is 10.4. The maximum atomic E-state index is 12.3. The number of aryl methyl sites for hydroxylation is 1. The summed E-state index contributed by atoms with van der Waals surface area (Å²) < 4.78 is 5.17. The minimum atomic E-state index is -0.596. The molecule has 1 heterocycles. The van der Waals surface area contributed by atoms with Crippen LogP contribution < -0.4 is 4.90 Å². The summed E-state index contributed by atoms with van der Waals surface area (Å²) in [6.07, 6.45) is 0. The number of benzene rings is 2. The van der Waals surface area contributed by atoms with Gasteiger partial charge in [0.25, 0.3) is 5.91 Å². The Labute approximate surface area is 180 Å². The van der Waals surface area contributed by atoms with Crippen molar-refractivity contribution in [2.45, 2.75) is 13.5 Å². The summed E-state index contributed by atoms with van der Waals surface area (Å²) in [5.41, 5.74) is 4.41. The topological polar surface area (TPSA) is 62.7 Å². The highest BCUT2D eigenvalue weighted by atomic mass is 32.1. The Hall–Kier alpha value is -3.19. The third kappa shape index (κ3) is 5.45. The summed E-state index contributed by atoms with van der Waals surface area (Å²) >= 11 is 1.37. The summed E-state index contributed by atoms with van der Waals surface area (Å²) in [5.74, 6) is -0.865. The molecular weight excluding hydrogens is 398 g/mol. The zero-order valence-corrected chi connectivity index (χ0v) is 18.4. The van der Waals surface area contributed by atoms with Gasteiger partial charge in [0, 0.05) is 44.3 Å². The van der Waals surface area contributed by atoms with Crippen molar-refractivity contribution in [2.75, 3.05) is 32.6 Å². The number of hydrogen-bond donors (Lipinski definition) is 0. The fourth-order valence-electron chi connectivity index (χ4n) is 2.77. The number of amides is 1. The second-order valence-corrected chi connectivity index (χ2v) is 8.15. The highest BCUT2D eigenvalue weighted by molar-refractivity contribution is 7.13. The molecule has 0 bridgehead atoms. The highest BCUT2D eigenvalue weighted by Gasteiger charge is 2.17. The van der Waals surface area contributed by atoms with Gasteiger partial charge in [-0.2, -0.15) is 0 Å². The second-order valence-electron chi connectivity index (χ2n) is 7.29. The SMILES string of the molecule is Cc1ccc(-c2nc(C(=O)OCC(=O)N(C)Cc3ccc(N(C)C)cc3)cs2)cc1. The lowest BCUT2D eigenvalue weighted by atomic mass is 10.2. The Bertz CT molecular complexity index is 1010. The van der Waals surface area contributed by atoms with Crippen molar-refractivity contribution in [3.8, 4) is 10.6 Å². The van der Waals surface area contributed by atoms with Crippen LogP contribution in [0.2, 0.25) is 0 Å². The molecule has 3 rings (SSSR count). The van der Waals surface area contributed by atoms with Crippen molar-refractivity contribution in [2.24, 2.45) is 0 Å². The van der Waals surface area contributed by atoms with Crippen LogP contribution in [0.4, 0.5) is 5.69 Å². The van der Waals surface area contributed by atoms with Crippen LogP contribution in [0.15, 0.2) is 53.9 Å². The lowest BCUT2D eigenvalue weighted by Gasteiger charge is -2.18. The minimum Gasteiger partial charge on any atom is -0.451 e. The number of nitrogens with zero attached hydrogens (tertiary/aromatic N) is 3. The molecule has 0 unspecified atom stereocenters. The van der Waals surface area contributed by atoms with Crippen LogP contribution in [0.3, 0.4) is 0 Å². The molecule has 2 aromatic carbocycles. The van der Waals surface area contributed by atoms with E-state index in [1.54, 1.807) is 12.4 Å². The van der Waals surface area contributed by atoms with Crippen molar-refractivity contribution in [1.82, 2.24) is 9.88 Å². The van der Waals surface area contributed by atoms with Gasteiger partial charge in [-0.15, -0.1) is 11.3 Å². The fourth-order valence-corrected chi connectivity index (χ4v) is 3.56. The van der Waals surface area contributed by atoms with Crippen LogP contribution >= 0.6 is 11.3 Å². The van der Waals surface area contributed by atoms with Gasteiger partial charge in [0.15, 0.2) is 12.3 Å². The van der Waals surface area contributed by atoms with E-state index in [0.29, 0.717) is 6.54 Å².